The summed E-state index contributed by atoms with van der Waals surface area (Å²) >= 11 is 0. The van der Waals surface area contributed by atoms with E-state index in [1.54, 1.807) is 0 Å². The van der Waals surface area contributed by atoms with Crippen molar-refractivity contribution in [1.29, 1.82) is 5.26 Å². The molecule has 0 radical (unpaired) electrons. The van der Waals surface area contributed by atoms with Crippen molar-refractivity contribution in [1.82, 2.24) is 0 Å². The third kappa shape index (κ3) is 2.81. The third-order valence-electron chi connectivity index (χ3n) is 2.62. The highest BCUT2D eigenvalue weighted by Gasteiger charge is 2.09. The van der Waals surface area contributed by atoms with E-state index in [2.05, 4.69) is 26.0 Å². The van der Waals surface area contributed by atoms with Gasteiger partial charge in [-0.25, -0.2) is 0 Å². The predicted molar refractivity (Wildman–Crippen MR) is 60.7 cm³/mol. The number of nitrogens with zero attached hydrogens (tertiary/aromatic N) is 1. The van der Waals surface area contributed by atoms with Gasteiger partial charge in [-0.15, -0.1) is 0 Å². The van der Waals surface area contributed by atoms with Crippen molar-refractivity contribution >= 4 is 0 Å². The minimum absolute atomic E-state index is 0.0933. The zero-order valence-corrected chi connectivity index (χ0v) is 9.49. The molecule has 0 heterocycles. The van der Waals surface area contributed by atoms with E-state index in [4.69, 9.17) is 10.4 Å². The highest BCUT2D eigenvalue weighted by molar-refractivity contribution is 5.39. The van der Waals surface area contributed by atoms with Crippen LogP contribution < -0.4 is 0 Å². The van der Waals surface area contributed by atoms with Crippen molar-refractivity contribution in [3.63, 3.8) is 0 Å². The second-order valence-electron chi connectivity index (χ2n) is 4.24. The van der Waals surface area contributed by atoms with Gasteiger partial charge in [-0.2, -0.15) is 5.26 Å². The molecule has 1 aromatic carbocycles. The molecule has 0 aliphatic heterocycles. The number of aliphatic hydroxyl groups excluding tert-OH is 1. The van der Waals surface area contributed by atoms with E-state index < -0.39 is 0 Å². The number of hydrogen-bond acceptors (Lipinski definition) is 2. The Balaban J connectivity index is 3.18. The molecule has 1 atom stereocenters. The molecular formula is C13H17NO. The Bertz CT molecular complexity index is 377. The Morgan fingerprint density at radius 2 is 1.80 bits per heavy atom. The molecule has 0 amide bonds. The highest BCUT2D eigenvalue weighted by atomic mass is 16.3. The van der Waals surface area contributed by atoms with Crippen molar-refractivity contribution < 1.29 is 5.11 Å². The average molecular weight is 203 g/mol. The van der Waals surface area contributed by atoms with Crippen LogP contribution in [0.5, 0.6) is 0 Å². The smallest absolute Gasteiger partial charge is 0.0991 e. The summed E-state index contributed by atoms with van der Waals surface area (Å²) in [5, 5.41) is 18.0. The molecule has 0 aliphatic carbocycles. The normalized spacial score (nSPS) is 12.5. The minimum Gasteiger partial charge on any atom is -0.396 e. The van der Waals surface area contributed by atoms with Crippen LogP contribution in [0.1, 0.15) is 49.3 Å². The van der Waals surface area contributed by atoms with Crippen LogP contribution in [-0.2, 0) is 0 Å². The van der Waals surface area contributed by atoms with E-state index in [0.717, 1.165) is 11.1 Å². The number of aliphatic hydroxyl groups is 1. The third-order valence-corrected chi connectivity index (χ3v) is 2.62. The summed E-state index contributed by atoms with van der Waals surface area (Å²) in [6.45, 7) is 6.28. The van der Waals surface area contributed by atoms with Crippen molar-refractivity contribution in [2.45, 2.75) is 32.6 Å². The van der Waals surface area contributed by atoms with Gasteiger partial charge in [-0.05, 0) is 29.2 Å². The first kappa shape index (κ1) is 11.7. The van der Waals surface area contributed by atoms with Gasteiger partial charge in [0.05, 0.1) is 11.6 Å². The van der Waals surface area contributed by atoms with Crippen molar-refractivity contribution in [2.24, 2.45) is 0 Å². The maximum absolute atomic E-state index is 9.10. The van der Waals surface area contributed by atoms with Gasteiger partial charge in [0.15, 0.2) is 0 Å². The second-order valence-corrected chi connectivity index (χ2v) is 4.24. The molecule has 15 heavy (non-hydrogen) atoms. The molecule has 1 unspecified atom stereocenters. The topological polar surface area (TPSA) is 44.0 Å². The van der Waals surface area contributed by atoms with Crippen LogP contribution in [0.15, 0.2) is 18.2 Å². The van der Waals surface area contributed by atoms with Gasteiger partial charge in [0.1, 0.15) is 0 Å². The van der Waals surface area contributed by atoms with E-state index in [9.17, 15) is 0 Å². The summed E-state index contributed by atoms with van der Waals surface area (Å²) in [5.74, 6) is 0.499. The molecular weight excluding hydrogens is 186 g/mol. The largest absolute Gasteiger partial charge is 0.396 e. The summed E-state index contributed by atoms with van der Waals surface area (Å²) in [5.41, 5.74) is 2.88. The van der Waals surface area contributed by atoms with Gasteiger partial charge < -0.3 is 5.11 Å². The first-order chi connectivity index (χ1) is 7.08. The molecule has 0 saturated carbocycles. The fraction of sp³-hybridized carbons (Fsp3) is 0.462. The number of nitriles is 1. The molecule has 80 valence electrons. The standard InChI is InChI=1S/C13H17NO/c1-9(2)12-4-11(7-14)5-13(6-12)10(3)8-15/h4-6,9-10,15H,8H2,1-3H3. The molecule has 0 bridgehead atoms. The zero-order valence-electron chi connectivity index (χ0n) is 9.49. The molecule has 2 heteroatoms. The highest BCUT2D eigenvalue weighted by Crippen LogP contribution is 2.23. The molecule has 1 N–H and O–H groups in total. The Kier molecular flexibility index (Phi) is 3.88. The minimum atomic E-state index is 0.0933. The maximum atomic E-state index is 9.10. The van der Waals surface area contributed by atoms with Gasteiger partial charge >= 0.3 is 0 Å². The van der Waals surface area contributed by atoms with Crippen LogP contribution in [0, 0.1) is 11.3 Å². The van der Waals surface area contributed by atoms with E-state index >= 15 is 0 Å². The SMILES string of the molecule is CC(C)c1cc(C#N)cc(C(C)CO)c1. The summed E-state index contributed by atoms with van der Waals surface area (Å²) in [7, 11) is 0. The van der Waals surface area contributed by atoms with Crippen molar-refractivity contribution in [2.75, 3.05) is 6.61 Å². The van der Waals surface area contributed by atoms with E-state index in [-0.39, 0.29) is 12.5 Å². The zero-order chi connectivity index (χ0) is 11.4. The summed E-state index contributed by atoms with van der Waals surface area (Å²) in [6, 6.07) is 8.00. The second kappa shape index (κ2) is 4.95. The average Bonchev–Trinajstić information content (AvgIpc) is 2.27. The Hall–Kier alpha value is -1.33. The van der Waals surface area contributed by atoms with E-state index in [1.165, 1.54) is 0 Å². The van der Waals surface area contributed by atoms with Crippen LogP contribution in [-0.4, -0.2) is 11.7 Å². The fourth-order valence-corrected chi connectivity index (χ4v) is 1.46. The number of hydrogen-bond donors (Lipinski definition) is 1. The lowest BCUT2D eigenvalue weighted by Crippen LogP contribution is -2.01. The number of benzene rings is 1. The van der Waals surface area contributed by atoms with Crippen LogP contribution in [0.4, 0.5) is 0 Å². The Morgan fingerprint density at radius 3 is 2.27 bits per heavy atom. The lowest BCUT2D eigenvalue weighted by molar-refractivity contribution is 0.273. The molecule has 0 saturated heterocycles. The monoisotopic (exact) mass is 203 g/mol. The van der Waals surface area contributed by atoms with Gasteiger partial charge in [0, 0.05) is 12.5 Å². The van der Waals surface area contributed by atoms with E-state index in [0.29, 0.717) is 11.5 Å². The Morgan fingerprint density at radius 1 is 1.20 bits per heavy atom. The summed E-state index contributed by atoms with van der Waals surface area (Å²) < 4.78 is 0. The van der Waals surface area contributed by atoms with Gasteiger partial charge in [0.2, 0.25) is 0 Å². The van der Waals surface area contributed by atoms with Crippen molar-refractivity contribution in [3.8, 4) is 6.07 Å². The fourth-order valence-electron chi connectivity index (χ4n) is 1.46. The predicted octanol–water partition coefficient (Wildman–Crippen LogP) is 2.78. The molecule has 2 nitrogen and oxygen atoms in total. The lowest BCUT2D eigenvalue weighted by Gasteiger charge is -2.13. The Labute approximate surface area is 91.2 Å². The van der Waals surface area contributed by atoms with Crippen LogP contribution in [0.2, 0.25) is 0 Å². The van der Waals surface area contributed by atoms with Gasteiger partial charge in [-0.1, -0.05) is 26.8 Å². The van der Waals surface area contributed by atoms with E-state index in [1.807, 2.05) is 19.1 Å². The van der Waals surface area contributed by atoms with Gasteiger partial charge in [-0.3, -0.25) is 0 Å². The molecule has 0 aliphatic rings. The molecule has 1 aromatic rings. The van der Waals surface area contributed by atoms with Gasteiger partial charge in [0.25, 0.3) is 0 Å². The molecule has 0 spiro atoms. The maximum Gasteiger partial charge on any atom is 0.0991 e. The van der Waals surface area contributed by atoms with Crippen LogP contribution in [0.3, 0.4) is 0 Å². The van der Waals surface area contributed by atoms with Crippen LogP contribution in [0.25, 0.3) is 0 Å². The van der Waals surface area contributed by atoms with Crippen LogP contribution >= 0.6 is 0 Å². The lowest BCUT2D eigenvalue weighted by atomic mass is 9.93. The summed E-state index contributed by atoms with van der Waals surface area (Å²) in [4.78, 5) is 0. The first-order valence-electron chi connectivity index (χ1n) is 5.24. The molecule has 1 rings (SSSR count). The molecule has 0 fully saturated rings. The van der Waals surface area contributed by atoms with Crippen molar-refractivity contribution in [3.05, 3.63) is 34.9 Å². The number of rotatable bonds is 3. The first-order valence-corrected chi connectivity index (χ1v) is 5.24. The summed E-state index contributed by atoms with van der Waals surface area (Å²) in [6.07, 6.45) is 0. The quantitative estimate of drug-likeness (QED) is 0.820. The molecule has 0 aromatic heterocycles.